The molecule has 2 heterocycles. The maximum atomic E-state index is 4.42. The Kier molecular flexibility index (Phi) is 7.11. The number of aryl methyl sites for hydroxylation is 1. The zero-order chi connectivity index (χ0) is 17.5. The second kappa shape index (κ2) is 9.53. The Morgan fingerprint density at radius 2 is 2.00 bits per heavy atom. The van der Waals surface area contributed by atoms with Crippen molar-refractivity contribution in [3.05, 3.63) is 16.1 Å². The molecule has 1 aliphatic heterocycles. The van der Waals surface area contributed by atoms with Gasteiger partial charge < -0.3 is 15.5 Å². The quantitative estimate of drug-likeness (QED) is 0.624. The molecule has 1 saturated heterocycles. The molecule has 2 aliphatic rings. The highest BCUT2D eigenvalue weighted by Gasteiger charge is 2.26. The molecule has 140 valence electrons. The summed E-state index contributed by atoms with van der Waals surface area (Å²) >= 11 is 1.78. The molecule has 0 aromatic carbocycles. The lowest BCUT2D eigenvalue weighted by Gasteiger charge is -2.39. The SMILES string of the molecule is CN=C(NCCc1ncc(C)s1)NC1CCN(C2CCCCC2)CC1. The van der Waals surface area contributed by atoms with Crippen molar-refractivity contribution in [1.82, 2.24) is 20.5 Å². The highest BCUT2D eigenvalue weighted by atomic mass is 32.1. The number of aliphatic imine (C=N–C) groups is 1. The number of nitrogens with zero attached hydrogens (tertiary/aromatic N) is 3. The molecule has 2 N–H and O–H groups in total. The van der Waals surface area contributed by atoms with E-state index in [1.165, 1.54) is 67.9 Å². The highest BCUT2D eigenvalue weighted by molar-refractivity contribution is 7.11. The molecular weight excluding hydrogens is 330 g/mol. The second-order valence-corrected chi connectivity index (χ2v) is 8.68. The minimum Gasteiger partial charge on any atom is -0.356 e. The fourth-order valence-corrected chi connectivity index (χ4v) is 4.83. The van der Waals surface area contributed by atoms with Gasteiger partial charge in [0.1, 0.15) is 0 Å². The number of likely N-dealkylation sites (tertiary alicyclic amines) is 1. The predicted molar refractivity (Wildman–Crippen MR) is 107 cm³/mol. The molecule has 0 atom stereocenters. The minimum absolute atomic E-state index is 0.549. The lowest BCUT2D eigenvalue weighted by Crippen LogP contribution is -2.51. The number of nitrogens with one attached hydrogen (secondary N) is 2. The van der Waals surface area contributed by atoms with E-state index in [1.54, 1.807) is 11.3 Å². The first kappa shape index (κ1) is 18.6. The van der Waals surface area contributed by atoms with E-state index < -0.39 is 0 Å². The van der Waals surface area contributed by atoms with E-state index in [0.29, 0.717) is 6.04 Å². The molecule has 2 fully saturated rings. The summed E-state index contributed by atoms with van der Waals surface area (Å²) in [6.45, 7) is 5.46. The Labute approximate surface area is 156 Å². The van der Waals surface area contributed by atoms with Gasteiger partial charge in [-0.25, -0.2) is 4.98 Å². The molecule has 5 nitrogen and oxygen atoms in total. The predicted octanol–water partition coefficient (Wildman–Crippen LogP) is 2.96. The van der Waals surface area contributed by atoms with Gasteiger partial charge in [0.25, 0.3) is 0 Å². The van der Waals surface area contributed by atoms with Crippen LogP contribution in [0.2, 0.25) is 0 Å². The fraction of sp³-hybridized carbons (Fsp3) is 0.789. The maximum absolute atomic E-state index is 4.42. The van der Waals surface area contributed by atoms with Crippen LogP contribution in [0.15, 0.2) is 11.2 Å². The molecular formula is C19H33N5S. The molecule has 1 aromatic rings. The largest absolute Gasteiger partial charge is 0.356 e. The summed E-state index contributed by atoms with van der Waals surface area (Å²) in [4.78, 5) is 12.8. The van der Waals surface area contributed by atoms with Crippen LogP contribution < -0.4 is 10.6 Å². The van der Waals surface area contributed by atoms with E-state index in [0.717, 1.165) is 25.0 Å². The average Bonchev–Trinajstić information content (AvgIpc) is 3.07. The summed E-state index contributed by atoms with van der Waals surface area (Å²) in [6, 6.07) is 1.40. The van der Waals surface area contributed by atoms with Crippen LogP contribution in [0.4, 0.5) is 0 Å². The van der Waals surface area contributed by atoms with E-state index in [9.17, 15) is 0 Å². The molecule has 0 spiro atoms. The number of hydrogen-bond acceptors (Lipinski definition) is 4. The Balaban J connectivity index is 1.36. The van der Waals surface area contributed by atoms with Gasteiger partial charge in [0.05, 0.1) is 5.01 Å². The van der Waals surface area contributed by atoms with Crippen LogP contribution in [-0.4, -0.2) is 54.6 Å². The van der Waals surface area contributed by atoms with Crippen molar-refractivity contribution >= 4 is 17.3 Å². The summed E-state index contributed by atoms with van der Waals surface area (Å²) < 4.78 is 0. The first-order chi connectivity index (χ1) is 12.2. The Morgan fingerprint density at radius 3 is 2.64 bits per heavy atom. The van der Waals surface area contributed by atoms with Crippen molar-refractivity contribution in [3.63, 3.8) is 0 Å². The minimum atomic E-state index is 0.549. The summed E-state index contributed by atoms with van der Waals surface area (Å²) in [5.41, 5.74) is 0. The van der Waals surface area contributed by atoms with E-state index >= 15 is 0 Å². The molecule has 25 heavy (non-hydrogen) atoms. The molecule has 0 unspecified atom stereocenters. The van der Waals surface area contributed by atoms with Gasteiger partial charge in [-0.15, -0.1) is 11.3 Å². The molecule has 0 radical (unpaired) electrons. The molecule has 1 saturated carbocycles. The lowest BCUT2D eigenvalue weighted by atomic mass is 9.92. The summed E-state index contributed by atoms with van der Waals surface area (Å²) in [5.74, 6) is 0.935. The van der Waals surface area contributed by atoms with Crippen molar-refractivity contribution in [3.8, 4) is 0 Å². The normalized spacial score (nSPS) is 21.4. The van der Waals surface area contributed by atoms with Gasteiger partial charge in [0.15, 0.2) is 5.96 Å². The topological polar surface area (TPSA) is 52.6 Å². The molecule has 1 aromatic heterocycles. The van der Waals surface area contributed by atoms with E-state index in [-0.39, 0.29) is 0 Å². The Bertz CT molecular complexity index is 542. The van der Waals surface area contributed by atoms with Gasteiger partial charge >= 0.3 is 0 Å². The lowest BCUT2D eigenvalue weighted by molar-refractivity contribution is 0.119. The number of hydrogen-bond donors (Lipinski definition) is 2. The number of aromatic nitrogens is 1. The maximum Gasteiger partial charge on any atom is 0.191 e. The first-order valence-corrected chi connectivity index (χ1v) is 10.7. The van der Waals surface area contributed by atoms with Crippen LogP contribution in [0, 0.1) is 6.92 Å². The standard InChI is InChI=1S/C19H33N5S/c1-15-14-22-18(25-15)8-11-21-19(20-2)23-16-9-12-24(13-10-16)17-6-4-3-5-7-17/h14,16-17H,3-13H2,1-2H3,(H2,20,21,23). The number of guanidine groups is 1. The van der Waals surface area contributed by atoms with Gasteiger partial charge in [0, 0.05) is 56.3 Å². The second-order valence-electron chi connectivity index (χ2n) is 7.36. The molecule has 3 rings (SSSR count). The van der Waals surface area contributed by atoms with E-state index in [2.05, 4.69) is 32.4 Å². The fourth-order valence-electron chi connectivity index (χ4n) is 4.05. The van der Waals surface area contributed by atoms with Gasteiger partial charge in [-0.2, -0.15) is 0 Å². The average molecular weight is 364 g/mol. The van der Waals surface area contributed by atoms with Crippen molar-refractivity contribution in [2.45, 2.75) is 70.4 Å². The van der Waals surface area contributed by atoms with Gasteiger partial charge in [-0.05, 0) is 32.6 Å². The zero-order valence-electron chi connectivity index (χ0n) is 15.8. The van der Waals surface area contributed by atoms with Crippen LogP contribution in [0.3, 0.4) is 0 Å². The van der Waals surface area contributed by atoms with Crippen LogP contribution in [0.5, 0.6) is 0 Å². The summed E-state index contributed by atoms with van der Waals surface area (Å²) in [5, 5.41) is 8.25. The van der Waals surface area contributed by atoms with Crippen LogP contribution in [0.1, 0.15) is 54.8 Å². The number of thiazole rings is 1. The van der Waals surface area contributed by atoms with Gasteiger partial charge in [-0.3, -0.25) is 4.99 Å². The summed E-state index contributed by atoms with van der Waals surface area (Å²) in [6.07, 6.45) is 12.5. The Hall–Kier alpha value is -1.14. The van der Waals surface area contributed by atoms with Gasteiger partial charge in [0.2, 0.25) is 0 Å². The first-order valence-electron chi connectivity index (χ1n) is 9.87. The monoisotopic (exact) mass is 363 g/mol. The number of rotatable bonds is 5. The summed E-state index contributed by atoms with van der Waals surface area (Å²) in [7, 11) is 1.86. The van der Waals surface area contributed by atoms with Crippen LogP contribution in [0.25, 0.3) is 0 Å². The number of piperidine rings is 1. The van der Waals surface area contributed by atoms with E-state index in [1.807, 2.05) is 13.2 Å². The van der Waals surface area contributed by atoms with Crippen molar-refractivity contribution in [2.75, 3.05) is 26.7 Å². The third-order valence-corrected chi connectivity index (χ3v) is 6.46. The van der Waals surface area contributed by atoms with Gasteiger partial charge in [-0.1, -0.05) is 19.3 Å². The van der Waals surface area contributed by atoms with Crippen molar-refractivity contribution < 1.29 is 0 Å². The zero-order valence-corrected chi connectivity index (χ0v) is 16.6. The molecule has 0 amide bonds. The Morgan fingerprint density at radius 1 is 1.24 bits per heavy atom. The van der Waals surface area contributed by atoms with Crippen molar-refractivity contribution in [2.24, 2.45) is 4.99 Å². The molecule has 0 bridgehead atoms. The molecule has 6 heteroatoms. The highest BCUT2D eigenvalue weighted by Crippen LogP contribution is 2.25. The third kappa shape index (κ3) is 5.68. The molecule has 1 aliphatic carbocycles. The van der Waals surface area contributed by atoms with Crippen LogP contribution >= 0.6 is 11.3 Å². The van der Waals surface area contributed by atoms with Crippen LogP contribution in [-0.2, 0) is 6.42 Å². The third-order valence-electron chi connectivity index (χ3n) is 5.49. The van der Waals surface area contributed by atoms with E-state index in [4.69, 9.17) is 0 Å². The smallest absolute Gasteiger partial charge is 0.191 e. The van der Waals surface area contributed by atoms with Crippen molar-refractivity contribution in [1.29, 1.82) is 0 Å².